The van der Waals surface area contributed by atoms with Crippen molar-refractivity contribution in [2.45, 2.75) is 6.43 Å². The fraction of sp³-hybridized carbons (Fsp3) is 1.00. The maximum absolute atomic E-state index is 11.8. The van der Waals surface area contributed by atoms with Crippen LogP contribution in [0.15, 0.2) is 0 Å². The van der Waals surface area contributed by atoms with Crippen LogP contribution in [0.4, 0.5) is 8.78 Å². The van der Waals surface area contributed by atoms with Gasteiger partial charge in [-0.1, -0.05) is 0 Å². The first-order valence-electron chi connectivity index (χ1n) is 2.89. The molecule has 0 aliphatic carbocycles. The smallest absolute Gasteiger partial charge is 0.210 e. The highest BCUT2D eigenvalue weighted by Gasteiger charge is 2.39. The third-order valence-corrected chi connectivity index (χ3v) is 3.04. The highest BCUT2D eigenvalue weighted by atomic mass is 35.7. The summed E-state index contributed by atoms with van der Waals surface area (Å²) in [6.45, 7) is -0.326. The normalized spacial score (nSPS) is 22.2. The van der Waals surface area contributed by atoms with Crippen LogP contribution in [-0.2, 0) is 9.24 Å². The van der Waals surface area contributed by atoms with Crippen LogP contribution >= 0.6 is 10.7 Å². The lowest BCUT2D eigenvalue weighted by Crippen LogP contribution is -2.50. The molecular weight excluding hydrogens is 200 g/mol. The van der Waals surface area contributed by atoms with Crippen LogP contribution in [0.3, 0.4) is 0 Å². The van der Waals surface area contributed by atoms with Crippen molar-refractivity contribution in [1.82, 2.24) is 4.31 Å². The summed E-state index contributed by atoms with van der Waals surface area (Å²) in [4.78, 5) is 0. The first kappa shape index (κ1) is 9.15. The van der Waals surface area contributed by atoms with Crippen LogP contribution in [-0.4, -0.2) is 32.2 Å². The van der Waals surface area contributed by atoms with E-state index in [-0.39, 0.29) is 13.1 Å². The molecule has 0 amide bonds. The van der Waals surface area contributed by atoms with E-state index in [9.17, 15) is 17.2 Å². The zero-order chi connectivity index (χ0) is 8.65. The second-order valence-corrected chi connectivity index (χ2v) is 4.86. The summed E-state index contributed by atoms with van der Waals surface area (Å²) >= 11 is 0. The van der Waals surface area contributed by atoms with E-state index in [4.69, 9.17) is 10.7 Å². The van der Waals surface area contributed by atoms with Crippen molar-refractivity contribution in [3.05, 3.63) is 0 Å². The van der Waals surface area contributed by atoms with Crippen LogP contribution < -0.4 is 0 Å². The van der Waals surface area contributed by atoms with E-state index in [0.29, 0.717) is 0 Å². The molecule has 0 unspecified atom stereocenters. The van der Waals surface area contributed by atoms with Crippen molar-refractivity contribution < 1.29 is 17.2 Å². The fourth-order valence-electron chi connectivity index (χ4n) is 0.807. The Kier molecular flexibility index (Phi) is 2.36. The Bertz CT molecular complexity index is 236. The monoisotopic (exact) mass is 205 g/mol. The molecule has 0 atom stereocenters. The second kappa shape index (κ2) is 2.84. The van der Waals surface area contributed by atoms with Crippen molar-refractivity contribution in [3.63, 3.8) is 0 Å². The third kappa shape index (κ3) is 2.00. The molecule has 0 saturated carbocycles. The molecule has 0 aromatic heterocycles. The summed E-state index contributed by atoms with van der Waals surface area (Å²) in [6, 6.07) is 0. The Hall–Kier alpha value is 0.0600. The molecule has 1 heterocycles. The summed E-state index contributed by atoms with van der Waals surface area (Å²) in [5.41, 5.74) is 0. The first-order valence-corrected chi connectivity index (χ1v) is 5.16. The van der Waals surface area contributed by atoms with Crippen molar-refractivity contribution in [2.24, 2.45) is 5.92 Å². The molecule has 11 heavy (non-hydrogen) atoms. The lowest BCUT2D eigenvalue weighted by molar-refractivity contribution is 0.0132. The van der Waals surface area contributed by atoms with Gasteiger partial charge < -0.3 is 0 Å². The molecule has 0 N–H and O–H groups in total. The molecule has 0 aromatic carbocycles. The summed E-state index contributed by atoms with van der Waals surface area (Å²) in [5, 5.41) is 0. The minimum atomic E-state index is -3.76. The van der Waals surface area contributed by atoms with Crippen molar-refractivity contribution in [1.29, 1.82) is 0 Å². The van der Waals surface area contributed by atoms with Gasteiger partial charge in [0.2, 0.25) is 6.43 Å². The van der Waals surface area contributed by atoms with E-state index in [1.165, 1.54) is 0 Å². The van der Waals surface area contributed by atoms with Gasteiger partial charge in [0, 0.05) is 29.7 Å². The lowest BCUT2D eigenvalue weighted by Gasteiger charge is -2.35. The predicted octanol–water partition coefficient (Wildman–Crippen LogP) is 0.667. The molecule has 1 aliphatic heterocycles. The number of nitrogens with zero attached hydrogens (tertiary/aromatic N) is 1. The molecule has 0 bridgehead atoms. The SMILES string of the molecule is O=S(=O)(Cl)N1CC(C(F)F)C1. The van der Waals surface area contributed by atoms with E-state index >= 15 is 0 Å². The van der Waals surface area contributed by atoms with Gasteiger partial charge in [-0.15, -0.1) is 0 Å². The zero-order valence-corrected chi connectivity index (χ0v) is 6.95. The highest BCUT2D eigenvalue weighted by Crippen LogP contribution is 2.26. The van der Waals surface area contributed by atoms with Gasteiger partial charge >= 0.3 is 0 Å². The van der Waals surface area contributed by atoms with Gasteiger partial charge in [0.25, 0.3) is 9.24 Å². The van der Waals surface area contributed by atoms with Gasteiger partial charge in [0.15, 0.2) is 0 Å². The Balaban J connectivity index is 2.42. The Morgan fingerprint density at radius 1 is 1.45 bits per heavy atom. The number of rotatable bonds is 2. The quantitative estimate of drug-likeness (QED) is 0.622. The van der Waals surface area contributed by atoms with Crippen LogP contribution in [0.1, 0.15) is 0 Å². The Morgan fingerprint density at radius 2 is 1.91 bits per heavy atom. The second-order valence-electron chi connectivity index (χ2n) is 2.35. The average molecular weight is 206 g/mol. The Labute approximate surface area is 67.5 Å². The first-order chi connectivity index (χ1) is 4.91. The third-order valence-electron chi connectivity index (χ3n) is 1.54. The molecule has 3 nitrogen and oxygen atoms in total. The summed E-state index contributed by atoms with van der Waals surface area (Å²) in [7, 11) is 1.10. The van der Waals surface area contributed by atoms with Crippen LogP contribution in [0.5, 0.6) is 0 Å². The molecule has 0 spiro atoms. The lowest BCUT2D eigenvalue weighted by atomic mass is 10.1. The molecule has 66 valence electrons. The molecular formula is C4H6ClF2NO2S. The van der Waals surface area contributed by atoms with Crippen molar-refractivity contribution in [2.75, 3.05) is 13.1 Å². The maximum atomic E-state index is 11.8. The number of halogens is 3. The van der Waals surface area contributed by atoms with Gasteiger partial charge in [-0.05, 0) is 0 Å². The van der Waals surface area contributed by atoms with Crippen molar-refractivity contribution >= 4 is 19.9 Å². The van der Waals surface area contributed by atoms with E-state index in [2.05, 4.69) is 0 Å². The molecule has 7 heteroatoms. The van der Waals surface area contributed by atoms with E-state index < -0.39 is 21.6 Å². The van der Waals surface area contributed by atoms with Gasteiger partial charge in [0.1, 0.15) is 0 Å². The minimum absolute atomic E-state index is 0.163. The molecule has 1 saturated heterocycles. The number of hydrogen-bond donors (Lipinski definition) is 0. The van der Waals surface area contributed by atoms with E-state index in [0.717, 1.165) is 4.31 Å². The van der Waals surface area contributed by atoms with Crippen LogP contribution in [0, 0.1) is 5.92 Å². The van der Waals surface area contributed by atoms with Gasteiger partial charge in [-0.2, -0.15) is 12.7 Å². The number of hydrogen-bond acceptors (Lipinski definition) is 2. The van der Waals surface area contributed by atoms with Crippen molar-refractivity contribution in [3.8, 4) is 0 Å². The summed E-state index contributed by atoms with van der Waals surface area (Å²) in [5.74, 6) is -0.844. The fourth-order valence-corrected chi connectivity index (χ4v) is 1.88. The zero-order valence-electron chi connectivity index (χ0n) is 5.37. The Morgan fingerprint density at radius 3 is 2.18 bits per heavy atom. The largest absolute Gasteiger partial charge is 0.299 e. The number of alkyl halides is 2. The van der Waals surface area contributed by atoms with Crippen LogP contribution in [0.2, 0.25) is 0 Å². The standard InChI is InChI=1S/C4H6ClF2NO2S/c5-11(9,10)8-1-3(2-8)4(6)7/h3-4H,1-2H2. The summed E-state index contributed by atoms with van der Waals surface area (Å²) < 4.78 is 45.2. The highest BCUT2D eigenvalue weighted by molar-refractivity contribution is 8.11. The van der Waals surface area contributed by atoms with E-state index in [1.54, 1.807) is 0 Å². The molecule has 1 rings (SSSR count). The van der Waals surface area contributed by atoms with Crippen LogP contribution in [0.25, 0.3) is 0 Å². The van der Waals surface area contributed by atoms with Gasteiger partial charge in [0.05, 0.1) is 0 Å². The van der Waals surface area contributed by atoms with Gasteiger partial charge in [-0.3, -0.25) is 0 Å². The molecule has 1 aliphatic rings. The summed E-state index contributed by atoms with van der Waals surface area (Å²) in [6.07, 6.45) is -2.45. The molecule has 0 radical (unpaired) electrons. The molecule has 1 fully saturated rings. The molecule has 0 aromatic rings. The van der Waals surface area contributed by atoms with Gasteiger partial charge in [-0.25, -0.2) is 8.78 Å². The minimum Gasteiger partial charge on any atom is -0.210 e. The van der Waals surface area contributed by atoms with E-state index in [1.807, 2.05) is 0 Å². The average Bonchev–Trinajstić information content (AvgIpc) is 1.51. The predicted molar refractivity (Wildman–Crippen MR) is 35.8 cm³/mol. The topological polar surface area (TPSA) is 37.4 Å². The maximum Gasteiger partial charge on any atom is 0.299 e.